The number of rotatable bonds is 0. The van der Waals surface area contributed by atoms with Crippen LogP contribution in [0.2, 0.25) is 0 Å². The SMILES string of the molecule is CC(C)(C)OC(=O)N1CCC(=O)C(C(F)(F)F)C1.CC1=CCN(C(=O)OC(C)(C)C)CC1. The van der Waals surface area contributed by atoms with E-state index in [1.54, 1.807) is 25.7 Å². The van der Waals surface area contributed by atoms with E-state index in [2.05, 4.69) is 13.0 Å². The van der Waals surface area contributed by atoms with Gasteiger partial charge in [-0.25, -0.2) is 9.59 Å². The summed E-state index contributed by atoms with van der Waals surface area (Å²) in [6, 6.07) is 0. The van der Waals surface area contributed by atoms with E-state index in [1.165, 1.54) is 5.57 Å². The van der Waals surface area contributed by atoms with Gasteiger partial charge in [-0.3, -0.25) is 4.79 Å². The molecule has 2 heterocycles. The van der Waals surface area contributed by atoms with Crippen molar-refractivity contribution in [2.24, 2.45) is 5.92 Å². The minimum Gasteiger partial charge on any atom is -0.444 e. The van der Waals surface area contributed by atoms with Crippen molar-refractivity contribution in [3.05, 3.63) is 11.6 Å². The zero-order valence-electron chi connectivity index (χ0n) is 20.0. The number of carbonyl (C=O) groups is 3. The molecule has 7 nitrogen and oxygen atoms in total. The zero-order chi connectivity index (χ0) is 24.9. The maximum Gasteiger partial charge on any atom is 0.410 e. The average molecular weight is 465 g/mol. The van der Waals surface area contributed by atoms with Crippen molar-refractivity contribution < 1.29 is 37.0 Å². The van der Waals surface area contributed by atoms with Gasteiger partial charge in [-0.15, -0.1) is 0 Å². The van der Waals surface area contributed by atoms with E-state index in [9.17, 15) is 27.6 Å². The summed E-state index contributed by atoms with van der Waals surface area (Å²) in [6.07, 6.45) is -2.89. The lowest BCUT2D eigenvalue weighted by Crippen LogP contribution is -2.50. The Kier molecular flexibility index (Phi) is 9.17. The monoisotopic (exact) mass is 464 g/mol. The van der Waals surface area contributed by atoms with Gasteiger partial charge in [0.25, 0.3) is 0 Å². The number of carbonyl (C=O) groups excluding carboxylic acids is 3. The Morgan fingerprint density at radius 1 is 0.906 bits per heavy atom. The largest absolute Gasteiger partial charge is 0.444 e. The van der Waals surface area contributed by atoms with Crippen LogP contribution in [0, 0.1) is 5.92 Å². The lowest BCUT2D eigenvalue weighted by atomic mass is 9.96. The lowest BCUT2D eigenvalue weighted by Gasteiger charge is -2.33. The number of hydrogen-bond donors (Lipinski definition) is 0. The molecule has 0 bridgehead atoms. The van der Waals surface area contributed by atoms with Gasteiger partial charge in [0.2, 0.25) is 0 Å². The quantitative estimate of drug-likeness (QED) is 0.474. The van der Waals surface area contributed by atoms with Crippen LogP contribution in [-0.4, -0.2) is 71.3 Å². The minimum absolute atomic E-state index is 0.0275. The minimum atomic E-state index is -4.61. The molecule has 10 heteroatoms. The first-order valence-electron chi connectivity index (χ1n) is 10.6. The number of hydrogen-bond acceptors (Lipinski definition) is 5. The van der Waals surface area contributed by atoms with Gasteiger partial charge < -0.3 is 19.3 Å². The molecule has 184 valence electrons. The second-order valence-electron chi connectivity index (χ2n) is 9.96. The highest BCUT2D eigenvalue weighted by Crippen LogP contribution is 2.31. The number of ether oxygens (including phenoxy) is 2. The molecule has 0 aromatic rings. The Morgan fingerprint density at radius 2 is 1.38 bits per heavy atom. The molecule has 32 heavy (non-hydrogen) atoms. The van der Waals surface area contributed by atoms with Crippen molar-refractivity contribution in [1.82, 2.24) is 9.80 Å². The Bertz CT molecular complexity index is 721. The van der Waals surface area contributed by atoms with Crippen LogP contribution < -0.4 is 0 Å². The number of ketones is 1. The summed E-state index contributed by atoms with van der Waals surface area (Å²) in [5.74, 6) is -2.97. The average Bonchev–Trinajstić information content (AvgIpc) is 2.59. The topological polar surface area (TPSA) is 76.2 Å². The second-order valence-corrected chi connectivity index (χ2v) is 9.96. The number of halogens is 3. The molecule has 0 N–H and O–H groups in total. The first-order chi connectivity index (χ1) is 14.4. The molecule has 0 radical (unpaired) electrons. The van der Waals surface area contributed by atoms with E-state index < -0.39 is 41.7 Å². The van der Waals surface area contributed by atoms with Gasteiger partial charge in [-0.2, -0.15) is 13.2 Å². The predicted octanol–water partition coefficient (Wildman–Crippen LogP) is 4.95. The predicted molar refractivity (Wildman–Crippen MR) is 113 cm³/mol. The molecule has 1 unspecified atom stereocenters. The molecule has 0 aliphatic carbocycles. The summed E-state index contributed by atoms with van der Waals surface area (Å²) in [4.78, 5) is 37.1. The zero-order valence-corrected chi connectivity index (χ0v) is 20.0. The van der Waals surface area contributed by atoms with E-state index in [4.69, 9.17) is 9.47 Å². The maximum atomic E-state index is 12.6. The fraction of sp³-hybridized carbons (Fsp3) is 0.773. The number of likely N-dealkylation sites (tertiary alicyclic amines) is 1. The van der Waals surface area contributed by atoms with Gasteiger partial charge in [0.15, 0.2) is 0 Å². The van der Waals surface area contributed by atoms with Crippen molar-refractivity contribution in [2.45, 2.75) is 78.7 Å². The van der Waals surface area contributed by atoms with Crippen LogP contribution in [0.4, 0.5) is 22.8 Å². The van der Waals surface area contributed by atoms with Crippen LogP contribution in [0.15, 0.2) is 11.6 Å². The molecule has 0 aromatic carbocycles. The Hall–Kier alpha value is -2.26. The summed E-state index contributed by atoms with van der Waals surface area (Å²) < 4.78 is 48.0. The normalized spacial score (nSPS) is 20.1. The number of nitrogens with zero attached hydrogens (tertiary/aromatic N) is 2. The van der Waals surface area contributed by atoms with Gasteiger partial charge >= 0.3 is 18.4 Å². The Balaban J connectivity index is 0.000000330. The van der Waals surface area contributed by atoms with E-state index in [-0.39, 0.29) is 19.1 Å². The van der Waals surface area contributed by atoms with E-state index in [0.717, 1.165) is 17.9 Å². The smallest absolute Gasteiger partial charge is 0.410 e. The van der Waals surface area contributed by atoms with Crippen molar-refractivity contribution in [1.29, 1.82) is 0 Å². The van der Waals surface area contributed by atoms with E-state index in [1.807, 2.05) is 20.8 Å². The van der Waals surface area contributed by atoms with Gasteiger partial charge in [0.1, 0.15) is 22.9 Å². The molecule has 1 fully saturated rings. The highest BCUT2D eigenvalue weighted by molar-refractivity contribution is 5.84. The van der Waals surface area contributed by atoms with Crippen LogP contribution in [-0.2, 0) is 14.3 Å². The molecule has 1 saturated heterocycles. The van der Waals surface area contributed by atoms with Crippen LogP contribution >= 0.6 is 0 Å². The highest BCUT2D eigenvalue weighted by atomic mass is 19.4. The number of amides is 2. The lowest BCUT2D eigenvalue weighted by molar-refractivity contribution is -0.188. The standard InChI is InChI=1S/C11H16F3NO3.C11H19NO2/c1-10(2,3)18-9(17)15-5-4-8(16)7(6-15)11(12,13)14;1-9-5-7-12(8-6-9)10(13)14-11(2,3)4/h7H,4-6H2,1-3H3;5H,6-8H2,1-4H3. The third-order valence-electron chi connectivity index (χ3n) is 4.55. The number of piperidine rings is 1. The molecule has 2 aliphatic heterocycles. The van der Waals surface area contributed by atoms with Gasteiger partial charge in [-0.1, -0.05) is 11.6 Å². The summed E-state index contributed by atoms with van der Waals surface area (Å²) in [6.45, 7) is 13.4. The first-order valence-corrected chi connectivity index (χ1v) is 10.6. The van der Waals surface area contributed by atoms with Crippen molar-refractivity contribution in [3.63, 3.8) is 0 Å². The van der Waals surface area contributed by atoms with Crippen LogP contribution in [0.25, 0.3) is 0 Å². The fourth-order valence-corrected chi connectivity index (χ4v) is 2.87. The molecule has 0 aromatic heterocycles. The summed E-state index contributed by atoms with van der Waals surface area (Å²) in [5, 5.41) is 0. The third kappa shape index (κ3) is 9.91. The number of alkyl halides is 3. The van der Waals surface area contributed by atoms with Crippen molar-refractivity contribution >= 4 is 18.0 Å². The molecule has 2 amide bonds. The Morgan fingerprint density at radius 3 is 1.78 bits per heavy atom. The molecule has 0 saturated carbocycles. The van der Waals surface area contributed by atoms with E-state index in [0.29, 0.717) is 6.54 Å². The summed E-state index contributed by atoms with van der Waals surface area (Å²) in [5.41, 5.74) is 0.185. The molecular weight excluding hydrogens is 429 g/mol. The Labute approximate surface area is 187 Å². The van der Waals surface area contributed by atoms with E-state index >= 15 is 0 Å². The van der Waals surface area contributed by atoms with Crippen molar-refractivity contribution in [3.8, 4) is 0 Å². The maximum absolute atomic E-state index is 12.6. The van der Waals surface area contributed by atoms with Gasteiger partial charge in [0.05, 0.1) is 0 Å². The van der Waals surface area contributed by atoms with Crippen LogP contribution in [0.1, 0.15) is 61.3 Å². The highest BCUT2D eigenvalue weighted by Gasteiger charge is 2.48. The fourth-order valence-electron chi connectivity index (χ4n) is 2.87. The van der Waals surface area contributed by atoms with Crippen molar-refractivity contribution in [2.75, 3.05) is 26.2 Å². The molecule has 2 aliphatic rings. The van der Waals surface area contributed by atoms with Crippen LogP contribution in [0.5, 0.6) is 0 Å². The second kappa shape index (κ2) is 10.6. The van der Waals surface area contributed by atoms with Gasteiger partial charge in [-0.05, 0) is 54.9 Å². The molecule has 1 atom stereocenters. The summed E-state index contributed by atoms with van der Waals surface area (Å²) in [7, 11) is 0. The van der Waals surface area contributed by atoms with Crippen LogP contribution in [0.3, 0.4) is 0 Å². The molecular formula is C22H35F3N2O5. The third-order valence-corrected chi connectivity index (χ3v) is 4.55. The molecule has 0 spiro atoms. The van der Waals surface area contributed by atoms with Gasteiger partial charge in [0, 0.05) is 32.6 Å². The summed E-state index contributed by atoms with van der Waals surface area (Å²) >= 11 is 0. The molecule has 2 rings (SSSR count). The number of Topliss-reactive ketones (excluding diaryl/α,β-unsaturated/α-hetero) is 1. The first kappa shape index (κ1) is 27.8.